The molecule has 0 aliphatic rings. The van der Waals surface area contributed by atoms with E-state index in [0.717, 1.165) is 11.3 Å². The van der Waals surface area contributed by atoms with Crippen molar-refractivity contribution in [1.82, 2.24) is 9.88 Å². The number of aromatic nitrogens is 1. The summed E-state index contributed by atoms with van der Waals surface area (Å²) in [6.45, 7) is 5.55. The molecule has 8 heteroatoms. The van der Waals surface area contributed by atoms with Crippen LogP contribution in [0.1, 0.15) is 22.4 Å². The van der Waals surface area contributed by atoms with Crippen molar-refractivity contribution >= 4 is 10.0 Å². The molecule has 2 aromatic carbocycles. The van der Waals surface area contributed by atoms with E-state index in [-0.39, 0.29) is 11.4 Å². The van der Waals surface area contributed by atoms with E-state index in [9.17, 15) is 8.42 Å². The van der Waals surface area contributed by atoms with Gasteiger partial charge in [0.05, 0.1) is 24.8 Å². The summed E-state index contributed by atoms with van der Waals surface area (Å²) in [7, 11) is -0.688. The highest BCUT2D eigenvalue weighted by Gasteiger charge is 2.20. The molecule has 0 fully saturated rings. The zero-order valence-corrected chi connectivity index (χ0v) is 17.9. The Morgan fingerprint density at radius 1 is 1.03 bits per heavy atom. The lowest BCUT2D eigenvalue weighted by atomic mass is 10.1. The van der Waals surface area contributed by atoms with Crippen LogP contribution >= 0.6 is 0 Å². The minimum Gasteiger partial charge on any atom is -0.497 e. The van der Waals surface area contributed by atoms with Crippen molar-refractivity contribution in [2.75, 3.05) is 14.2 Å². The van der Waals surface area contributed by atoms with Crippen LogP contribution in [-0.4, -0.2) is 27.8 Å². The van der Waals surface area contributed by atoms with E-state index >= 15 is 0 Å². The molecule has 154 valence electrons. The summed E-state index contributed by atoms with van der Waals surface area (Å²) in [6.07, 6.45) is 0. The smallest absolute Gasteiger partial charge is 0.241 e. The second-order valence-corrected chi connectivity index (χ2v) is 8.44. The molecular formula is C21H24N2O5S. The van der Waals surface area contributed by atoms with Crippen LogP contribution < -0.4 is 14.2 Å². The van der Waals surface area contributed by atoms with E-state index in [1.165, 1.54) is 7.11 Å². The normalized spacial score (nSPS) is 11.5. The summed E-state index contributed by atoms with van der Waals surface area (Å²) in [5.41, 5.74) is 3.62. The largest absolute Gasteiger partial charge is 0.497 e. The van der Waals surface area contributed by atoms with Crippen LogP contribution in [0.3, 0.4) is 0 Å². The lowest BCUT2D eigenvalue weighted by Crippen LogP contribution is -2.24. The van der Waals surface area contributed by atoms with Gasteiger partial charge in [0.1, 0.15) is 11.5 Å². The predicted octanol–water partition coefficient (Wildman–Crippen LogP) is 3.76. The SMILES string of the molecule is COc1ccc(OC)c(CNS(=O)(=O)c2cc(-c3onc(C)c3C)ccc2C)c1. The fourth-order valence-electron chi connectivity index (χ4n) is 2.99. The zero-order chi connectivity index (χ0) is 21.2. The van der Waals surface area contributed by atoms with Gasteiger partial charge < -0.3 is 14.0 Å². The zero-order valence-electron chi connectivity index (χ0n) is 17.1. The summed E-state index contributed by atoms with van der Waals surface area (Å²) in [5, 5.41) is 3.95. The number of rotatable bonds is 7. The molecule has 0 unspecified atom stereocenters. The van der Waals surface area contributed by atoms with Crippen molar-refractivity contribution in [3.8, 4) is 22.8 Å². The molecular weight excluding hydrogens is 392 g/mol. The summed E-state index contributed by atoms with van der Waals surface area (Å²) in [4.78, 5) is 0.185. The van der Waals surface area contributed by atoms with Crippen LogP contribution in [0, 0.1) is 20.8 Å². The molecule has 0 amide bonds. The maximum absolute atomic E-state index is 13.0. The molecule has 0 radical (unpaired) electrons. The highest BCUT2D eigenvalue weighted by Crippen LogP contribution is 2.29. The average Bonchev–Trinajstić information content (AvgIpc) is 3.05. The van der Waals surface area contributed by atoms with Gasteiger partial charge in [-0.15, -0.1) is 0 Å². The number of sulfonamides is 1. The lowest BCUT2D eigenvalue weighted by Gasteiger charge is -2.13. The molecule has 0 bridgehead atoms. The average molecular weight is 416 g/mol. The fourth-order valence-corrected chi connectivity index (χ4v) is 4.26. The van der Waals surface area contributed by atoms with Gasteiger partial charge in [0.15, 0.2) is 5.76 Å². The maximum atomic E-state index is 13.0. The third-order valence-electron chi connectivity index (χ3n) is 4.84. The number of ether oxygens (including phenoxy) is 2. The predicted molar refractivity (Wildman–Crippen MR) is 110 cm³/mol. The van der Waals surface area contributed by atoms with Crippen molar-refractivity contribution < 1.29 is 22.4 Å². The molecule has 0 aliphatic heterocycles. The minimum atomic E-state index is -3.78. The van der Waals surface area contributed by atoms with Gasteiger partial charge in [-0.2, -0.15) is 0 Å². The molecule has 0 atom stereocenters. The third-order valence-corrected chi connectivity index (χ3v) is 6.38. The lowest BCUT2D eigenvalue weighted by molar-refractivity contribution is 0.398. The molecule has 29 heavy (non-hydrogen) atoms. The number of hydrogen-bond acceptors (Lipinski definition) is 6. The third kappa shape index (κ3) is 4.28. The van der Waals surface area contributed by atoms with Gasteiger partial charge in [-0.25, -0.2) is 13.1 Å². The number of hydrogen-bond donors (Lipinski definition) is 1. The Morgan fingerprint density at radius 3 is 2.41 bits per heavy atom. The van der Waals surface area contributed by atoms with Gasteiger partial charge in [0, 0.05) is 23.2 Å². The van der Waals surface area contributed by atoms with Crippen molar-refractivity contribution in [2.24, 2.45) is 0 Å². The monoisotopic (exact) mass is 416 g/mol. The van der Waals surface area contributed by atoms with Gasteiger partial charge in [-0.05, 0) is 50.6 Å². The van der Waals surface area contributed by atoms with Crippen LogP contribution in [0.15, 0.2) is 45.8 Å². The van der Waals surface area contributed by atoms with Crippen LogP contribution in [0.4, 0.5) is 0 Å². The van der Waals surface area contributed by atoms with Gasteiger partial charge >= 0.3 is 0 Å². The number of nitrogens with zero attached hydrogens (tertiary/aromatic N) is 1. The minimum absolute atomic E-state index is 0.0623. The summed E-state index contributed by atoms with van der Waals surface area (Å²) in [6, 6.07) is 10.4. The first kappa shape index (κ1) is 20.9. The van der Waals surface area contributed by atoms with Crippen molar-refractivity contribution in [2.45, 2.75) is 32.2 Å². The van der Waals surface area contributed by atoms with Crippen LogP contribution in [0.5, 0.6) is 11.5 Å². The molecule has 3 aromatic rings. The number of methoxy groups -OCH3 is 2. The topological polar surface area (TPSA) is 90.7 Å². The molecule has 1 heterocycles. The van der Waals surface area contributed by atoms with Gasteiger partial charge in [-0.3, -0.25) is 0 Å². The van der Waals surface area contributed by atoms with Crippen molar-refractivity contribution in [1.29, 1.82) is 0 Å². The Labute approximate surface area is 170 Å². The molecule has 0 spiro atoms. The number of nitrogens with one attached hydrogen (secondary N) is 1. The second-order valence-electron chi connectivity index (χ2n) is 6.70. The first-order valence-corrected chi connectivity index (χ1v) is 10.5. The van der Waals surface area contributed by atoms with Crippen LogP contribution in [0.2, 0.25) is 0 Å². The van der Waals surface area contributed by atoms with Gasteiger partial charge in [0.2, 0.25) is 10.0 Å². The Kier molecular flexibility index (Phi) is 5.95. The first-order chi connectivity index (χ1) is 13.8. The number of aryl methyl sites for hydroxylation is 2. The highest BCUT2D eigenvalue weighted by atomic mass is 32.2. The Balaban J connectivity index is 1.92. The molecule has 0 saturated carbocycles. The van der Waals surface area contributed by atoms with E-state index in [2.05, 4.69) is 9.88 Å². The summed E-state index contributed by atoms with van der Waals surface area (Å²) >= 11 is 0. The fraction of sp³-hybridized carbons (Fsp3) is 0.286. The van der Waals surface area contributed by atoms with Crippen LogP contribution in [0.25, 0.3) is 11.3 Å². The van der Waals surface area contributed by atoms with Gasteiger partial charge in [0.25, 0.3) is 0 Å². The van der Waals surface area contributed by atoms with E-state index in [4.69, 9.17) is 14.0 Å². The standard InChI is InChI=1S/C21H24N2O5S/c1-13-6-7-16(21-14(2)15(3)23-28-21)11-20(13)29(24,25)22-12-17-10-18(26-4)8-9-19(17)27-5/h6-11,22H,12H2,1-5H3. The molecule has 1 N–H and O–H groups in total. The Morgan fingerprint density at radius 2 is 1.79 bits per heavy atom. The summed E-state index contributed by atoms with van der Waals surface area (Å²) in [5.74, 6) is 1.76. The Bertz CT molecular complexity index is 1140. The molecule has 7 nitrogen and oxygen atoms in total. The van der Waals surface area contributed by atoms with E-state index in [1.807, 2.05) is 19.9 Å². The quantitative estimate of drug-likeness (QED) is 0.631. The molecule has 0 saturated heterocycles. The molecule has 1 aromatic heterocycles. The van der Waals surface area contributed by atoms with E-state index in [1.54, 1.807) is 44.4 Å². The van der Waals surface area contributed by atoms with Gasteiger partial charge in [-0.1, -0.05) is 17.3 Å². The Hall–Kier alpha value is -2.84. The second kappa shape index (κ2) is 8.26. The highest BCUT2D eigenvalue weighted by molar-refractivity contribution is 7.89. The molecule has 0 aliphatic carbocycles. The van der Waals surface area contributed by atoms with Crippen molar-refractivity contribution in [3.63, 3.8) is 0 Å². The summed E-state index contributed by atoms with van der Waals surface area (Å²) < 4.78 is 44.6. The van der Waals surface area contributed by atoms with E-state index < -0.39 is 10.0 Å². The first-order valence-electron chi connectivity index (χ1n) is 9.01. The molecule has 3 rings (SSSR count). The van der Waals surface area contributed by atoms with E-state index in [0.29, 0.717) is 33.9 Å². The van der Waals surface area contributed by atoms with Crippen LogP contribution in [-0.2, 0) is 16.6 Å². The maximum Gasteiger partial charge on any atom is 0.241 e. The van der Waals surface area contributed by atoms with Crippen molar-refractivity contribution in [3.05, 3.63) is 58.8 Å². The number of benzene rings is 2.